The van der Waals surface area contributed by atoms with Crippen molar-refractivity contribution in [3.05, 3.63) is 42.0 Å². The molecule has 0 amide bonds. The van der Waals surface area contributed by atoms with Crippen LogP contribution in [-0.2, 0) is 6.54 Å². The van der Waals surface area contributed by atoms with Gasteiger partial charge < -0.3 is 10.1 Å². The average Bonchev–Trinajstić information content (AvgIpc) is 3.30. The summed E-state index contributed by atoms with van der Waals surface area (Å²) < 4.78 is 19.2. The van der Waals surface area contributed by atoms with Crippen molar-refractivity contribution in [3.63, 3.8) is 0 Å². The second-order valence-electron chi connectivity index (χ2n) is 4.88. The molecular weight excluding hydrogens is 257 g/mol. The molecule has 0 radical (unpaired) electrons. The predicted octanol–water partition coefficient (Wildman–Crippen LogP) is 2.54. The van der Waals surface area contributed by atoms with Crippen molar-refractivity contribution in [1.82, 2.24) is 15.3 Å². The van der Waals surface area contributed by atoms with Crippen molar-refractivity contribution in [2.45, 2.75) is 25.4 Å². The van der Waals surface area contributed by atoms with Crippen LogP contribution in [0.2, 0.25) is 0 Å². The summed E-state index contributed by atoms with van der Waals surface area (Å²) in [5.74, 6) is 0.0117. The SMILES string of the molecule is COc1nccnc1-c1cc(CNC2CC2)ccc1F. The zero-order valence-corrected chi connectivity index (χ0v) is 11.3. The zero-order chi connectivity index (χ0) is 13.9. The number of nitrogens with one attached hydrogen (secondary N) is 1. The summed E-state index contributed by atoms with van der Waals surface area (Å²) in [6.07, 6.45) is 5.52. The van der Waals surface area contributed by atoms with Gasteiger partial charge in [0.15, 0.2) is 0 Å². The Hall–Kier alpha value is -2.01. The molecule has 1 fully saturated rings. The van der Waals surface area contributed by atoms with E-state index in [2.05, 4.69) is 15.3 Å². The van der Waals surface area contributed by atoms with Crippen LogP contribution < -0.4 is 10.1 Å². The fourth-order valence-electron chi connectivity index (χ4n) is 2.07. The quantitative estimate of drug-likeness (QED) is 0.909. The van der Waals surface area contributed by atoms with Crippen LogP contribution in [0.5, 0.6) is 5.88 Å². The van der Waals surface area contributed by atoms with E-state index in [0.717, 1.165) is 12.1 Å². The molecule has 1 aromatic heterocycles. The number of benzene rings is 1. The summed E-state index contributed by atoms with van der Waals surface area (Å²) in [5, 5.41) is 3.41. The number of hydrogen-bond acceptors (Lipinski definition) is 4. The molecule has 20 heavy (non-hydrogen) atoms. The van der Waals surface area contributed by atoms with Crippen LogP contribution >= 0.6 is 0 Å². The first-order chi connectivity index (χ1) is 9.78. The maximum atomic E-state index is 14.0. The van der Waals surface area contributed by atoms with Crippen LogP contribution in [0.25, 0.3) is 11.3 Å². The summed E-state index contributed by atoms with van der Waals surface area (Å²) in [7, 11) is 1.50. The Bertz CT molecular complexity index is 614. The van der Waals surface area contributed by atoms with Gasteiger partial charge in [-0.05, 0) is 30.5 Å². The van der Waals surface area contributed by atoms with Gasteiger partial charge in [0.2, 0.25) is 5.88 Å². The van der Waals surface area contributed by atoms with Crippen LogP contribution in [0.15, 0.2) is 30.6 Å². The van der Waals surface area contributed by atoms with E-state index in [1.807, 2.05) is 0 Å². The average molecular weight is 273 g/mol. The van der Waals surface area contributed by atoms with Crippen LogP contribution in [0, 0.1) is 5.82 Å². The molecule has 1 aliphatic rings. The topological polar surface area (TPSA) is 47.0 Å². The summed E-state index contributed by atoms with van der Waals surface area (Å²) in [5.41, 5.74) is 1.88. The van der Waals surface area contributed by atoms with Crippen molar-refractivity contribution in [2.24, 2.45) is 0 Å². The van der Waals surface area contributed by atoms with Gasteiger partial charge in [-0.3, -0.25) is 0 Å². The monoisotopic (exact) mass is 273 g/mol. The fraction of sp³-hybridized carbons (Fsp3) is 0.333. The first-order valence-electron chi connectivity index (χ1n) is 6.65. The highest BCUT2D eigenvalue weighted by Crippen LogP contribution is 2.28. The Labute approximate surface area is 117 Å². The molecular formula is C15H16FN3O. The molecule has 0 spiro atoms. The molecule has 1 heterocycles. The van der Waals surface area contributed by atoms with Crippen molar-refractivity contribution in [3.8, 4) is 17.1 Å². The van der Waals surface area contributed by atoms with E-state index in [0.29, 0.717) is 23.2 Å². The molecule has 1 N–H and O–H groups in total. The summed E-state index contributed by atoms with van der Waals surface area (Å²) >= 11 is 0. The van der Waals surface area contributed by atoms with Crippen LogP contribution in [0.1, 0.15) is 18.4 Å². The number of rotatable bonds is 5. The third kappa shape index (κ3) is 2.77. The van der Waals surface area contributed by atoms with E-state index < -0.39 is 0 Å². The summed E-state index contributed by atoms with van der Waals surface area (Å²) in [4.78, 5) is 8.24. The number of hydrogen-bond donors (Lipinski definition) is 1. The number of aromatic nitrogens is 2. The highest BCUT2D eigenvalue weighted by atomic mass is 19.1. The van der Waals surface area contributed by atoms with E-state index >= 15 is 0 Å². The highest BCUT2D eigenvalue weighted by molar-refractivity contribution is 5.65. The van der Waals surface area contributed by atoms with E-state index in [-0.39, 0.29) is 5.82 Å². The van der Waals surface area contributed by atoms with Gasteiger partial charge in [-0.15, -0.1) is 0 Å². The van der Waals surface area contributed by atoms with Gasteiger partial charge in [-0.25, -0.2) is 14.4 Å². The molecule has 0 atom stereocenters. The minimum absolute atomic E-state index is 0.320. The Kier molecular flexibility index (Phi) is 3.60. The summed E-state index contributed by atoms with van der Waals surface area (Å²) in [6.45, 7) is 0.737. The van der Waals surface area contributed by atoms with E-state index in [1.165, 1.54) is 38.4 Å². The second kappa shape index (κ2) is 5.54. The van der Waals surface area contributed by atoms with Gasteiger partial charge in [0.05, 0.1) is 7.11 Å². The Morgan fingerprint density at radius 3 is 2.85 bits per heavy atom. The third-order valence-corrected chi connectivity index (χ3v) is 3.32. The van der Waals surface area contributed by atoms with Gasteiger partial charge in [0.25, 0.3) is 0 Å². The van der Waals surface area contributed by atoms with Crippen LogP contribution in [-0.4, -0.2) is 23.1 Å². The molecule has 5 heteroatoms. The van der Waals surface area contributed by atoms with Gasteiger partial charge in [0, 0.05) is 30.5 Å². The van der Waals surface area contributed by atoms with Gasteiger partial charge in [-0.2, -0.15) is 0 Å². The smallest absolute Gasteiger partial charge is 0.240 e. The zero-order valence-electron chi connectivity index (χ0n) is 11.3. The fourth-order valence-corrected chi connectivity index (χ4v) is 2.07. The molecule has 104 valence electrons. The molecule has 1 aromatic carbocycles. The predicted molar refractivity (Wildman–Crippen MR) is 73.8 cm³/mol. The molecule has 1 saturated carbocycles. The second-order valence-corrected chi connectivity index (χ2v) is 4.88. The molecule has 4 nitrogen and oxygen atoms in total. The van der Waals surface area contributed by atoms with E-state index in [4.69, 9.17) is 4.74 Å². The normalized spacial score (nSPS) is 14.3. The molecule has 1 aliphatic carbocycles. The minimum Gasteiger partial charge on any atom is -0.479 e. The maximum absolute atomic E-state index is 14.0. The minimum atomic E-state index is -0.320. The van der Waals surface area contributed by atoms with Crippen LogP contribution in [0.4, 0.5) is 4.39 Å². The number of nitrogens with zero attached hydrogens (tertiary/aromatic N) is 2. The molecule has 0 aliphatic heterocycles. The number of ether oxygens (including phenoxy) is 1. The molecule has 0 bridgehead atoms. The van der Waals surface area contributed by atoms with E-state index in [1.54, 1.807) is 12.1 Å². The van der Waals surface area contributed by atoms with Crippen molar-refractivity contribution in [2.75, 3.05) is 7.11 Å². The van der Waals surface area contributed by atoms with Crippen molar-refractivity contribution >= 4 is 0 Å². The highest BCUT2D eigenvalue weighted by Gasteiger charge is 2.20. The third-order valence-electron chi connectivity index (χ3n) is 3.32. The van der Waals surface area contributed by atoms with Crippen molar-refractivity contribution < 1.29 is 9.13 Å². The van der Waals surface area contributed by atoms with Gasteiger partial charge in [-0.1, -0.05) is 6.07 Å². The molecule has 2 aromatic rings. The van der Waals surface area contributed by atoms with Crippen molar-refractivity contribution in [1.29, 1.82) is 0 Å². The Balaban J connectivity index is 1.92. The lowest BCUT2D eigenvalue weighted by Crippen LogP contribution is -2.15. The first kappa shape index (κ1) is 13.0. The lowest BCUT2D eigenvalue weighted by atomic mass is 10.1. The largest absolute Gasteiger partial charge is 0.479 e. The summed E-state index contributed by atoms with van der Waals surface area (Å²) in [6, 6.07) is 5.68. The lowest BCUT2D eigenvalue weighted by Gasteiger charge is -2.09. The molecule has 3 rings (SSSR count). The van der Waals surface area contributed by atoms with Crippen LogP contribution in [0.3, 0.4) is 0 Å². The molecule has 0 unspecified atom stereocenters. The first-order valence-corrected chi connectivity index (χ1v) is 6.65. The standard InChI is InChI=1S/C15H16FN3O/c1-20-15-14(17-6-7-18-15)12-8-10(2-5-13(12)16)9-19-11-3-4-11/h2,5-8,11,19H,3-4,9H2,1H3. The van der Waals surface area contributed by atoms with Gasteiger partial charge >= 0.3 is 0 Å². The van der Waals surface area contributed by atoms with E-state index in [9.17, 15) is 4.39 Å². The maximum Gasteiger partial charge on any atom is 0.240 e. The Morgan fingerprint density at radius 2 is 2.10 bits per heavy atom. The molecule has 0 saturated heterocycles. The Morgan fingerprint density at radius 1 is 1.30 bits per heavy atom. The van der Waals surface area contributed by atoms with Gasteiger partial charge in [0.1, 0.15) is 11.5 Å². The number of halogens is 1. The lowest BCUT2D eigenvalue weighted by molar-refractivity contribution is 0.397. The number of methoxy groups -OCH3 is 1.